The Labute approximate surface area is 307 Å². The van der Waals surface area contributed by atoms with Gasteiger partial charge in [-0.3, -0.25) is 0 Å². The summed E-state index contributed by atoms with van der Waals surface area (Å²) >= 11 is 1.93. The van der Waals surface area contributed by atoms with E-state index in [2.05, 4.69) is 203 Å². The average molecular weight is 697 g/mol. The Morgan fingerprint density at radius 3 is 1.40 bits per heavy atom. The quantitative estimate of drug-likeness (QED) is 0.167. The lowest BCUT2D eigenvalue weighted by Crippen LogP contribution is -2.76. The van der Waals surface area contributed by atoms with Crippen LogP contribution in [-0.2, 0) is 0 Å². The molecule has 0 spiro atoms. The van der Waals surface area contributed by atoms with Gasteiger partial charge in [-0.1, -0.05) is 157 Å². The zero-order valence-corrected chi connectivity index (χ0v) is 30.1. The van der Waals surface area contributed by atoms with Crippen molar-refractivity contribution in [2.45, 2.75) is 9.79 Å². The van der Waals surface area contributed by atoms with Gasteiger partial charge >= 0.3 is 0 Å². The molecule has 52 heavy (non-hydrogen) atoms. The van der Waals surface area contributed by atoms with E-state index in [1.54, 1.807) is 0 Å². The summed E-state index contributed by atoms with van der Waals surface area (Å²) in [5.74, 6) is 0. The second-order valence-electron chi connectivity index (χ2n) is 13.7. The number of rotatable bonds is 4. The molecule has 1 aliphatic heterocycles. The van der Waals surface area contributed by atoms with Crippen molar-refractivity contribution in [3.8, 4) is 11.4 Å². The number of benzene rings is 8. The first-order chi connectivity index (χ1) is 25.8. The molecule has 0 N–H and O–H groups in total. The van der Waals surface area contributed by atoms with Gasteiger partial charge in [0.1, 0.15) is 0 Å². The van der Waals surface area contributed by atoms with Crippen LogP contribution in [0.25, 0.3) is 55.0 Å². The van der Waals surface area contributed by atoms with Crippen LogP contribution in [0.5, 0.6) is 0 Å². The lowest BCUT2D eigenvalue weighted by Gasteiger charge is -2.40. The highest BCUT2D eigenvalue weighted by Crippen LogP contribution is 2.40. The van der Waals surface area contributed by atoms with Crippen LogP contribution in [0.3, 0.4) is 0 Å². The van der Waals surface area contributed by atoms with Gasteiger partial charge in [0.2, 0.25) is 0 Å². The maximum absolute atomic E-state index is 2.81. The largest absolute Gasteiger partial charge is 0.309 e. The molecule has 0 saturated carbocycles. The maximum Gasteiger partial charge on any atom is 0.181 e. The first-order valence-corrected chi connectivity index (χ1v) is 20.7. The molecule has 0 bridgehead atoms. The summed E-state index contributed by atoms with van der Waals surface area (Å²) in [6, 6.07) is 72.3. The molecule has 1 unspecified atom stereocenters. The molecule has 4 heteroatoms. The molecule has 2 nitrogen and oxygen atoms in total. The standard InChI is InChI=1S/C48H32N2SSi/c1-2-15-34(16-3-1)52(35-31-29-33(30-32-35)49-40-21-8-4-17-36(40)37-18-5-9-22-41(37)49)46-27-13-12-26-45(46)51-48-44(25-14-28-47(48)52)50-42-23-10-6-19-38(42)39-20-7-11-24-43(39)50/h1-32H. The Morgan fingerprint density at radius 1 is 0.346 bits per heavy atom. The third-order valence-corrected chi connectivity index (χ3v) is 17.5. The number of aromatic nitrogens is 2. The van der Waals surface area contributed by atoms with Crippen molar-refractivity contribution in [1.29, 1.82) is 0 Å². The minimum atomic E-state index is -2.81. The lowest BCUT2D eigenvalue weighted by atomic mass is 10.2. The normalized spacial score (nSPS) is 15.3. The number of hydrogen-bond acceptors (Lipinski definition) is 1. The zero-order valence-electron chi connectivity index (χ0n) is 28.3. The minimum Gasteiger partial charge on any atom is -0.309 e. The highest BCUT2D eigenvalue weighted by Gasteiger charge is 2.47. The van der Waals surface area contributed by atoms with Crippen LogP contribution in [0.15, 0.2) is 204 Å². The van der Waals surface area contributed by atoms with Gasteiger partial charge in [0, 0.05) is 37.0 Å². The number of nitrogens with zero attached hydrogens (tertiary/aromatic N) is 2. The van der Waals surface area contributed by atoms with Crippen molar-refractivity contribution >= 4 is 84.2 Å². The lowest BCUT2D eigenvalue weighted by molar-refractivity contribution is 1.13. The van der Waals surface area contributed by atoms with Crippen LogP contribution in [-0.4, -0.2) is 17.2 Å². The van der Waals surface area contributed by atoms with Gasteiger partial charge in [0.25, 0.3) is 0 Å². The molecule has 8 aromatic carbocycles. The Kier molecular flexibility index (Phi) is 6.54. The molecular formula is C48H32N2SSi. The molecular weight excluding hydrogens is 665 g/mol. The Balaban J connectivity index is 1.21. The Morgan fingerprint density at radius 2 is 0.808 bits per heavy atom. The maximum atomic E-state index is 2.50. The minimum absolute atomic E-state index is 1.18. The van der Waals surface area contributed by atoms with Crippen molar-refractivity contribution < 1.29 is 0 Å². The van der Waals surface area contributed by atoms with E-state index in [0.29, 0.717) is 0 Å². The molecule has 1 atom stereocenters. The van der Waals surface area contributed by atoms with Gasteiger partial charge < -0.3 is 9.13 Å². The SMILES string of the molecule is c1ccc([Si]2(c3ccc(-n4c5ccccc5c5ccccc54)cc3)c3ccccc3Sc3c(-n4c5ccccc5c5ccccc54)cccc32)cc1. The van der Waals surface area contributed by atoms with Gasteiger partial charge in [-0.15, -0.1) is 0 Å². The number of fused-ring (bicyclic) bond motifs is 8. The predicted molar refractivity (Wildman–Crippen MR) is 223 cm³/mol. The van der Waals surface area contributed by atoms with Crippen LogP contribution >= 0.6 is 11.8 Å². The topological polar surface area (TPSA) is 9.86 Å². The van der Waals surface area contributed by atoms with E-state index in [9.17, 15) is 0 Å². The fraction of sp³-hybridized carbons (Fsp3) is 0. The molecule has 2 aromatic heterocycles. The van der Waals surface area contributed by atoms with Gasteiger partial charge in [-0.25, -0.2) is 0 Å². The van der Waals surface area contributed by atoms with E-state index >= 15 is 0 Å². The first-order valence-electron chi connectivity index (χ1n) is 17.9. The zero-order chi connectivity index (χ0) is 34.2. The average Bonchev–Trinajstić information content (AvgIpc) is 3.73. The van der Waals surface area contributed by atoms with E-state index in [1.807, 2.05) is 11.8 Å². The van der Waals surface area contributed by atoms with Gasteiger partial charge in [0.05, 0.1) is 27.8 Å². The van der Waals surface area contributed by atoms with E-state index in [4.69, 9.17) is 0 Å². The second kappa shape index (κ2) is 11.5. The monoisotopic (exact) mass is 696 g/mol. The fourth-order valence-corrected chi connectivity index (χ4v) is 16.0. The molecule has 1 aliphatic rings. The number of hydrogen-bond donors (Lipinski definition) is 0. The molecule has 10 aromatic rings. The highest BCUT2D eigenvalue weighted by molar-refractivity contribution is 8.00. The van der Waals surface area contributed by atoms with Crippen LogP contribution in [0.2, 0.25) is 0 Å². The van der Waals surface area contributed by atoms with Crippen molar-refractivity contribution in [2.24, 2.45) is 0 Å². The van der Waals surface area contributed by atoms with Crippen LogP contribution in [0.4, 0.5) is 0 Å². The molecule has 0 amide bonds. The fourth-order valence-electron chi connectivity index (χ4n) is 8.94. The van der Waals surface area contributed by atoms with E-state index in [1.165, 1.54) is 85.5 Å². The summed E-state index contributed by atoms with van der Waals surface area (Å²) in [5.41, 5.74) is 7.34. The first kappa shape index (κ1) is 29.6. The summed E-state index contributed by atoms with van der Waals surface area (Å²) in [6.45, 7) is 0. The molecule has 11 rings (SSSR count). The summed E-state index contributed by atoms with van der Waals surface area (Å²) in [7, 11) is -2.81. The van der Waals surface area contributed by atoms with Crippen molar-refractivity contribution in [1.82, 2.24) is 9.13 Å². The van der Waals surface area contributed by atoms with Crippen LogP contribution in [0.1, 0.15) is 0 Å². The van der Waals surface area contributed by atoms with E-state index in [0.717, 1.165) is 0 Å². The third kappa shape index (κ3) is 4.08. The molecule has 0 saturated heterocycles. The third-order valence-electron chi connectivity index (χ3n) is 11.1. The Hall–Kier alpha value is -6.07. The van der Waals surface area contributed by atoms with Gasteiger partial charge in [0.15, 0.2) is 8.07 Å². The van der Waals surface area contributed by atoms with Crippen molar-refractivity contribution in [3.05, 3.63) is 194 Å². The van der Waals surface area contributed by atoms with Gasteiger partial charge in [-0.2, -0.15) is 0 Å². The second-order valence-corrected chi connectivity index (χ2v) is 18.4. The molecule has 0 aliphatic carbocycles. The molecule has 244 valence electrons. The van der Waals surface area contributed by atoms with Crippen LogP contribution < -0.4 is 20.7 Å². The summed E-state index contributed by atoms with van der Waals surface area (Å²) in [6.07, 6.45) is 0. The summed E-state index contributed by atoms with van der Waals surface area (Å²) in [5, 5.41) is 10.8. The van der Waals surface area contributed by atoms with E-state index in [-0.39, 0.29) is 0 Å². The smallest absolute Gasteiger partial charge is 0.181 e. The van der Waals surface area contributed by atoms with Crippen LogP contribution in [0, 0.1) is 0 Å². The van der Waals surface area contributed by atoms with Crippen molar-refractivity contribution in [2.75, 3.05) is 0 Å². The molecule has 0 radical (unpaired) electrons. The number of para-hydroxylation sites is 4. The summed E-state index contributed by atoms with van der Waals surface area (Å²) < 4.78 is 4.92. The highest BCUT2D eigenvalue weighted by atomic mass is 32.2. The van der Waals surface area contributed by atoms with E-state index < -0.39 is 8.07 Å². The molecule has 0 fully saturated rings. The molecule has 3 heterocycles. The predicted octanol–water partition coefficient (Wildman–Crippen LogP) is 9.72. The summed E-state index contributed by atoms with van der Waals surface area (Å²) in [4.78, 5) is 2.68. The van der Waals surface area contributed by atoms with Gasteiger partial charge in [-0.05, 0) is 69.3 Å². The van der Waals surface area contributed by atoms with Crippen molar-refractivity contribution in [3.63, 3.8) is 0 Å². The Bertz CT molecular complexity index is 2890.